The molecule has 1 aromatic heterocycles. The van der Waals surface area contributed by atoms with Gasteiger partial charge < -0.3 is 14.6 Å². The molecule has 0 spiro atoms. The van der Waals surface area contributed by atoms with Gasteiger partial charge in [0.25, 0.3) is 0 Å². The molecule has 6 heteroatoms. The number of hydrogen-bond donors (Lipinski definition) is 1. The summed E-state index contributed by atoms with van der Waals surface area (Å²) in [6, 6.07) is 6.94. The number of aliphatic hydroxyl groups is 1. The number of ether oxygens (including phenoxy) is 2. The number of hydrogen-bond acceptors (Lipinski definition) is 6. The monoisotopic (exact) mass is 257 g/mol. The Morgan fingerprint density at radius 1 is 1.21 bits per heavy atom. The van der Waals surface area contributed by atoms with Gasteiger partial charge in [-0.15, -0.1) is 0 Å². The first-order valence-electron chi connectivity index (χ1n) is 5.44. The summed E-state index contributed by atoms with van der Waals surface area (Å²) < 4.78 is 10.5. The van der Waals surface area contributed by atoms with Gasteiger partial charge in [0.15, 0.2) is 0 Å². The van der Waals surface area contributed by atoms with Gasteiger partial charge in [0.1, 0.15) is 11.5 Å². The number of aliphatic hydroxyl groups excluding tert-OH is 1. The summed E-state index contributed by atoms with van der Waals surface area (Å²) in [6.45, 7) is -0.127. The first-order valence-corrected chi connectivity index (χ1v) is 5.44. The molecule has 6 nitrogen and oxygen atoms in total. The summed E-state index contributed by atoms with van der Waals surface area (Å²) in [5.41, 5.74) is 1.01. The summed E-state index contributed by atoms with van der Waals surface area (Å²) in [7, 11) is 1.51. The smallest absolute Gasteiger partial charge is 0.321 e. The van der Waals surface area contributed by atoms with E-state index < -0.39 is 0 Å². The maximum atomic E-state index is 8.90. The van der Waals surface area contributed by atoms with Gasteiger partial charge in [-0.05, 0) is 12.1 Å². The average molecular weight is 257 g/mol. The molecule has 0 radical (unpaired) electrons. The molecule has 1 aromatic carbocycles. The van der Waals surface area contributed by atoms with Crippen molar-refractivity contribution in [3.63, 3.8) is 0 Å². The number of rotatable bonds is 4. The first kappa shape index (κ1) is 12.8. The normalized spacial score (nSPS) is 9.74. The van der Waals surface area contributed by atoms with E-state index >= 15 is 0 Å². The van der Waals surface area contributed by atoms with Crippen LogP contribution in [0.2, 0.25) is 0 Å². The van der Waals surface area contributed by atoms with Gasteiger partial charge in [-0.1, -0.05) is 0 Å². The van der Waals surface area contributed by atoms with Gasteiger partial charge in [-0.2, -0.15) is 5.26 Å². The predicted octanol–water partition coefficient (Wildman–Crippen LogP) is 1.64. The molecular formula is C13H11N3O3. The number of nitriles is 1. The van der Waals surface area contributed by atoms with Crippen molar-refractivity contribution in [1.82, 2.24) is 9.97 Å². The van der Waals surface area contributed by atoms with Crippen molar-refractivity contribution in [2.24, 2.45) is 0 Å². The minimum absolute atomic E-state index is 0.127. The standard InChI is InChI=1S/C13H11N3O3/c1-18-11-2-9(5-14)3-12(4-11)19-13-15-6-10(8-17)7-16-13/h2-4,6-7,17H,8H2,1H3. The highest BCUT2D eigenvalue weighted by molar-refractivity contribution is 5.44. The second kappa shape index (κ2) is 5.80. The van der Waals surface area contributed by atoms with Crippen LogP contribution < -0.4 is 9.47 Å². The van der Waals surface area contributed by atoms with Crippen LogP contribution in [0.1, 0.15) is 11.1 Å². The van der Waals surface area contributed by atoms with Gasteiger partial charge in [0, 0.05) is 24.0 Å². The second-order valence-corrected chi connectivity index (χ2v) is 3.64. The number of methoxy groups -OCH3 is 1. The van der Waals surface area contributed by atoms with E-state index in [1.54, 1.807) is 18.2 Å². The SMILES string of the molecule is COc1cc(C#N)cc(Oc2ncc(CO)cn2)c1. The zero-order valence-corrected chi connectivity index (χ0v) is 10.2. The molecule has 0 bridgehead atoms. The molecule has 0 saturated heterocycles. The Bertz CT molecular complexity index is 606. The van der Waals surface area contributed by atoms with E-state index in [4.69, 9.17) is 19.8 Å². The molecule has 0 amide bonds. The van der Waals surface area contributed by atoms with Crippen molar-refractivity contribution in [3.05, 3.63) is 41.7 Å². The molecule has 1 heterocycles. The molecule has 2 aromatic rings. The number of benzene rings is 1. The van der Waals surface area contributed by atoms with Crippen molar-refractivity contribution >= 4 is 0 Å². The van der Waals surface area contributed by atoms with Crippen molar-refractivity contribution < 1.29 is 14.6 Å². The fourth-order valence-corrected chi connectivity index (χ4v) is 1.40. The van der Waals surface area contributed by atoms with Crippen LogP contribution in [0.4, 0.5) is 0 Å². The third kappa shape index (κ3) is 3.18. The molecule has 0 saturated carbocycles. The Kier molecular flexibility index (Phi) is 3.90. The van der Waals surface area contributed by atoms with Crippen LogP contribution in [0, 0.1) is 11.3 Å². The molecular weight excluding hydrogens is 246 g/mol. The molecule has 1 N–H and O–H groups in total. The van der Waals surface area contributed by atoms with Crippen LogP contribution in [0.25, 0.3) is 0 Å². The van der Waals surface area contributed by atoms with Crippen LogP contribution in [-0.2, 0) is 6.61 Å². The van der Waals surface area contributed by atoms with Crippen molar-refractivity contribution in [1.29, 1.82) is 5.26 Å². The quantitative estimate of drug-likeness (QED) is 0.895. The van der Waals surface area contributed by atoms with Gasteiger partial charge in [-0.25, -0.2) is 9.97 Å². The Balaban J connectivity index is 2.24. The van der Waals surface area contributed by atoms with Gasteiger partial charge in [-0.3, -0.25) is 0 Å². The van der Waals surface area contributed by atoms with Gasteiger partial charge in [0.2, 0.25) is 0 Å². The summed E-state index contributed by atoms with van der Waals surface area (Å²) in [6.07, 6.45) is 2.93. The van der Waals surface area contributed by atoms with E-state index in [2.05, 4.69) is 9.97 Å². The Hall–Kier alpha value is -2.65. The van der Waals surface area contributed by atoms with Crippen LogP contribution in [-0.4, -0.2) is 22.2 Å². The third-order valence-electron chi connectivity index (χ3n) is 2.32. The summed E-state index contributed by atoms with van der Waals surface area (Å²) in [4.78, 5) is 7.88. The molecule has 19 heavy (non-hydrogen) atoms. The second-order valence-electron chi connectivity index (χ2n) is 3.64. The Labute approximate surface area is 109 Å². The molecule has 0 fully saturated rings. The van der Waals surface area contributed by atoms with Gasteiger partial charge >= 0.3 is 6.01 Å². The Morgan fingerprint density at radius 2 is 1.89 bits per heavy atom. The lowest BCUT2D eigenvalue weighted by atomic mass is 10.2. The zero-order valence-electron chi connectivity index (χ0n) is 10.2. The van der Waals surface area contributed by atoms with Crippen LogP contribution in [0.15, 0.2) is 30.6 Å². The molecule has 2 rings (SSSR count). The lowest BCUT2D eigenvalue weighted by molar-refractivity contribution is 0.280. The van der Waals surface area contributed by atoms with E-state index in [1.165, 1.54) is 19.5 Å². The summed E-state index contributed by atoms with van der Waals surface area (Å²) in [5, 5.41) is 17.8. The predicted molar refractivity (Wildman–Crippen MR) is 65.7 cm³/mol. The van der Waals surface area contributed by atoms with Crippen molar-refractivity contribution in [3.8, 4) is 23.6 Å². The van der Waals surface area contributed by atoms with Crippen molar-refractivity contribution in [2.75, 3.05) is 7.11 Å². The van der Waals surface area contributed by atoms with Crippen LogP contribution in [0.3, 0.4) is 0 Å². The highest BCUT2D eigenvalue weighted by atomic mass is 16.5. The molecule has 0 aliphatic heterocycles. The Morgan fingerprint density at radius 3 is 2.47 bits per heavy atom. The van der Waals surface area contributed by atoms with Crippen LogP contribution >= 0.6 is 0 Å². The largest absolute Gasteiger partial charge is 0.497 e. The van der Waals surface area contributed by atoms with E-state index in [0.29, 0.717) is 22.6 Å². The van der Waals surface area contributed by atoms with E-state index in [9.17, 15) is 0 Å². The molecule has 0 aliphatic carbocycles. The number of nitrogens with zero attached hydrogens (tertiary/aromatic N) is 3. The maximum absolute atomic E-state index is 8.90. The lowest BCUT2D eigenvalue weighted by Gasteiger charge is -2.06. The highest BCUT2D eigenvalue weighted by Gasteiger charge is 2.05. The zero-order chi connectivity index (χ0) is 13.7. The van der Waals surface area contributed by atoms with E-state index in [-0.39, 0.29) is 12.6 Å². The topological polar surface area (TPSA) is 88.3 Å². The summed E-state index contributed by atoms with van der Waals surface area (Å²) >= 11 is 0. The highest BCUT2D eigenvalue weighted by Crippen LogP contribution is 2.25. The third-order valence-corrected chi connectivity index (χ3v) is 2.32. The minimum Gasteiger partial charge on any atom is -0.497 e. The first-order chi connectivity index (χ1) is 9.25. The fraction of sp³-hybridized carbons (Fsp3) is 0.154. The molecule has 0 unspecified atom stereocenters. The van der Waals surface area contributed by atoms with E-state index in [0.717, 1.165) is 0 Å². The van der Waals surface area contributed by atoms with Gasteiger partial charge in [0.05, 0.1) is 25.3 Å². The fourth-order valence-electron chi connectivity index (χ4n) is 1.40. The number of aromatic nitrogens is 2. The maximum Gasteiger partial charge on any atom is 0.321 e. The molecule has 0 aliphatic rings. The van der Waals surface area contributed by atoms with Crippen molar-refractivity contribution in [2.45, 2.75) is 6.61 Å². The average Bonchev–Trinajstić information content (AvgIpc) is 2.47. The van der Waals surface area contributed by atoms with Crippen LogP contribution in [0.5, 0.6) is 17.5 Å². The molecule has 96 valence electrons. The molecule has 0 atom stereocenters. The minimum atomic E-state index is -0.127. The summed E-state index contributed by atoms with van der Waals surface area (Å²) in [5.74, 6) is 0.925. The lowest BCUT2D eigenvalue weighted by Crippen LogP contribution is -1.95. The van der Waals surface area contributed by atoms with E-state index in [1.807, 2.05) is 6.07 Å².